The minimum Gasteiger partial charge on any atom is -0.379 e. The van der Waals surface area contributed by atoms with E-state index in [0.29, 0.717) is 11.5 Å². The molecule has 0 saturated carbocycles. The molecule has 17 heavy (non-hydrogen) atoms. The highest BCUT2D eigenvalue weighted by atomic mass is 16.5. The van der Waals surface area contributed by atoms with Gasteiger partial charge in [-0.05, 0) is 31.7 Å². The normalized spacial score (nSPS) is 25.8. The molecular formula is C14H30N2O. The minimum absolute atomic E-state index is 0.390. The van der Waals surface area contributed by atoms with E-state index in [-0.39, 0.29) is 0 Å². The van der Waals surface area contributed by atoms with Gasteiger partial charge in [-0.3, -0.25) is 4.90 Å². The molecule has 102 valence electrons. The van der Waals surface area contributed by atoms with Gasteiger partial charge in [-0.1, -0.05) is 20.8 Å². The van der Waals surface area contributed by atoms with Crippen LogP contribution in [0.15, 0.2) is 0 Å². The van der Waals surface area contributed by atoms with Gasteiger partial charge in [-0.2, -0.15) is 0 Å². The first-order valence-corrected chi connectivity index (χ1v) is 7.14. The summed E-state index contributed by atoms with van der Waals surface area (Å²) in [7, 11) is 0. The van der Waals surface area contributed by atoms with Gasteiger partial charge >= 0.3 is 0 Å². The van der Waals surface area contributed by atoms with Crippen molar-refractivity contribution in [3.63, 3.8) is 0 Å². The molecule has 1 aliphatic rings. The highest BCUT2D eigenvalue weighted by molar-refractivity contribution is 4.83. The lowest BCUT2D eigenvalue weighted by molar-refractivity contribution is -0.0186. The van der Waals surface area contributed by atoms with E-state index in [1.54, 1.807) is 0 Å². The van der Waals surface area contributed by atoms with Crippen LogP contribution >= 0.6 is 0 Å². The molecule has 2 atom stereocenters. The van der Waals surface area contributed by atoms with Crippen molar-refractivity contribution in [3.8, 4) is 0 Å². The van der Waals surface area contributed by atoms with Crippen LogP contribution in [0, 0.1) is 5.41 Å². The average molecular weight is 242 g/mol. The number of ether oxygens (including phenoxy) is 1. The van der Waals surface area contributed by atoms with Crippen molar-refractivity contribution >= 4 is 0 Å². The van der Waals surface area contributed by atoms with Gasteiger partial charge in [0.25, 0.3) is 0 Å². The van der Waals surface area contributed by atoms with Gasteiger partial charge in [0.2, 0.25) is 0 Å². The van der Waals surface area contributed by atoms with Gasteiger partial charge in [-0.25, -0.2) is 0 Å². The van der Waals surface area contributed by atoms with Crippen LogP contribution in [0.5, 0.6) is 0 Å². The summed E-state index contributed by atoms with van der Waals surface area (Å²) in [6.45, 7) is 15.5. The van der Waals surface area contributed by atoms with Gasteiger partial charge in [0.1, 0.15) is 0 Å². The summed E-state index contributed by atoms with van der Waals surface area (Å²) in [5.41, 5.74) is 0.390. The van der Waals surface area contributed by atoms with E-state index in [2.05, 4.69) is 37.9 Å². The van der Waals surface area contributed by atoms with E-state index in [4.69, 9.17) is 4.74 Å². The molecule has 1 fully saturated rings. The van der Waals surface area contributed by atoms with Gasteiger partial charge < -0.3 is 10.1 Å². The SMILES string of the molecule is CCCNCC(C)(CC)CN1CCOCC1C. The lowest BCUT2D eigenvalue weighted by atomic mass is 9.86. The van der Waals surface area contributed by atoms with E-state index in [1.165, 1.54) is 19.4 Å². The first kappa shape index (κ1) is 14.9. The third-order valence-electron chi connectivity index (χ3n) is 3.92. The van der Waals surface area contributed by atoms with E-state index < -0.39 is 0 Å². The van der Waals surface area contributed by atoms with Crippen LogP contribution in [0.2, 0.25) is 0 Å². The first-order valence-electron chi connectivity index (χ1n) is 7.14. The van der Waals surface area contributed by atoms with Gasteiger partial charge in [-0.15, -0.1) is 0 Å². The standard InChI is InChI=1S/C14H30N2O/c1-5-7-15-11-14(4,6-2)12-16-8-9-17-10-13(16)3/h13,15H,5-12H2,1-4H3. The molecule has 1 aliphatic heterocycles. The van der Waals surface area contributed by atoms with Crippen molar-refractivity contribution in [3.05, 3.63) is 0 Å². The van der Waals surface area contributed by atoms with Crippen LogP contribution in [0.4, 0.5) is 0 Å². The molecule has 0 spiro atoms. The highest BCUT2D eigenvalue weighted by Crippen LogP contribution is 2.23. The Hall–Kier alpha value is -0.120. The van der Waals surface area contributed by atoms with Crippen molar-refractivity contribution in [1.82, 2.24) is 10.2 Å². The van der Waals surface area contributed by atoms with Crippen LogP contribution in [0.1, 0.15) is 40.5 Å². The van der Waals surface area contributed by atoms with Gasteiger partial charge in [0.15, 0.2) is 0 Å². The molecule has 1 heterocycles. The van der Waals surface area contributed by atoms with Crippen molar-refractivity contribution in [2.24, 2.45) is 5.41 Å². The summed E-state index contributed by atoms with van der Waals surface area (Å²) in [6, 6.07) is 0.570. The summed E-state index contributed by atoms with van der Waals surface area (Å²) in [5.74, 6) is 0. The van der Waals surface area contributed by atoms with E-state index >= 15 is 0 Å². The summed E-state index contributed by atoms with van der Waals surface area (Å²) < 4.78 is 5.50. The lowest BCUT2D eigenvalue weighted by Gasteiger charge is -2.40. The zero-order valence-electron chi connectivity index (χ0n) is 12.1. The molecule has 0 aliphatic carbocycles. The van der Waals surface area contributed by atoms with Crippen molar-refractivity contribution in [2.75, 3.05) is 39.4 Å². The fourth-order valence-corrected chi connectivity index (χ4v) is 2.35. The Bertz CT molecular complexity index is 210. The molecule has 0 aromatic carbocycles. The zero-order valence-corrected chi connectivity index (χ0v) is 12.1. The predicted octanol–water partition coefficient (Wildman–Crippen LogP) is 2.12. The monoisotopic (exact) mass is 242 g/mol. The molecule has 3 heteroatoms. The number of nitrogens with zero attached hydrogens (tertiary/aromatic N) is 1. The molecule has 3 nitrogen and oxygen atoms in total. The first-order chi connectivity index (χ1) is 8.11. The molecular weight excluding hydrogens is 212 g/mol. The Morgan fingerprint density at radius 2 is 2.18 bits per heavy atom. The van der Waals surface area contributed by atoms with Gasteiger partial charge in [0.05, 0.1) is 13.2 Å². The van der Waals surface area contributed by atoms with E-state index in [1.807, 2.05) is 0 Å². The maximum atomic E-state index is 5.50. The van der Waals surface area contributed by atoms with Gasteiger partial charge in [0, 0.05) is 25.7 Å². The molecule has 1 rings (SSSR count). The zero-order chi connectivity index (χ0) is 12.7. The predicted molar refractivity (Wildman–Crippen MR) is 73.4 cm³/mol. The quantitative estimate of drug-likeness (QED) is 0.692. The fraction of sp³-hybridized carbons (Fsp3) is 1.00. The summed E-state index contributed by atoms with van der Waals surface area (Å²) in [5, 5.41) is 3.57. The van der Waals surface area contributed by atoms with Crippen molar-refractivity contribution < 1.29 is 4.74 Å². The Morgan fingerprint density at radius 1 is 1.41 bits per heavy atom. The lowest BCUT2D eigenvalue weighted by Crippen LogP contribution is -2.50. The second kappa shape index (κ2) is 7.34. The molecule has 2 unspecified atom stereocenters. The van der Waals surface area contributed by atoms with Crippen LogP contribution in [-0.4, -0.2) is 50.3 Å². The molecule has 1 saturated heterocycles. The van der Waals surface area contributed by atoms with E-state index in [9.17, 15) is 0 Å². The Morgan fingerprint density at radius 3 is 2.76 bits per heavy atom. The molecule has 0 radical (unpaired) electrons. The molecule has 0 aromatic rings. The molecule has 1 N–H and O–H groups in total. The topological polar surface area (TPSA) is 24.5 Å². The van der Waals surface area contributed by atoms with Crippen LogP contribution in [0.25, 0.3) is 0 Å². The second-order valence-electron chi connectivity index (χ2n) is 5.74. The van der Waals surface area contributed by atoms with E-state index in [0.717, 1.165) is 32.8 Å². The minimum atomic E-state index is 0.390. The Kier molecular flexibility index (Phi) is 6.45. The number of hydrogen-bond donors (Lipinski definition) is 1. The number of rotatable bonds is 7. The third kappa shape index (κ3) is 4.94. The number of hydrogen-bond acceptors (Lipinski definition) is 3. The van der Waals surface area contributed by atoms with Crippen LogP contribution in [-0.2, 0) is 4.74 Å². The van der Waals surface area contributed by atoms with Crippen LogP contribution < -0.4 is 5.32 Å². The number of nitrogens with one attached hydrogen (secondary N) is 1. The van der Waals surface area contributed by atoms with Crippen molar-refractivity contribution in [1.29, 1.82) is 0 Å². The largest absolute Gasteiger partial charge is 0.379 e. The maximum absolute atomic E-state index is 5.50. The number of morpholine rings is 1. The fourth-order valence-electron chi connectivity index (χ4n) is 2.35. The molecule has 0 bridgehead atoms. The Labute approximate surface area is 107 Å². The molecule has 0 amide bonds. The van der Waals surface area contributed by atoms with Crippen molar-refractivity contribution in [2.45, 2.75) is 46.6 Å². The average Bonchev–Trinajstić information content (AvgIpc) is 2.33. The third-order valence-corrected chi connectivity index (χ3v) is 3.92. The Balaban J connectivity index is 2.42. The summed E-state index contributed by atoms with van der Waals surface area (Å²) in [4.78, 5) is 2.58. The smallest absolute Gasteiger partial charge is 0.0619 e. The second-order valence-corrected chi connectivity index (χ2v) is 5.74. The summed E-state index contributed by atoms with van der Waals surface area (Å²) in [6.07, 6.45) is 2.45. The molecule has 0 aromatic heterocycles. The highest BCUT2D eigenvalue weighted by Gasteiger charge is 2.28. The van der Waals surface area contributed by atoms with Crippen LogP contribution in [0.3, 0.4) is 0 Å². The maximum Gasteiger partial charge on any atom is 0.0619 e. The summed E-state index contributed by atoms with van der Waals surface area (Å²) >= 11 is 0.